The van der Waals surface area contributed by atoms with Gasteiger partial charge in [0.1, 0.15) is 0 Å². The van der Waals surface area contributed by atoms with Crippen LogP contribution in [0.15, 0.2) is 82.0 Å². The summed E-state index contributed by atoms with van der Waals surface area (Å²) in [5, 5.41) is 3.41. The lowest BCUT2D eigenvalue weighted by atomic mass is 10.1. The normalized spacial score (nSPS) is 10.9. The number of halogens is 1. The smallest absolute Gasteiger partial charge is 0.408 e. The molecule has 0 spiro atoms. The lowest BCUT2D eigenvalue weighted by molar-refractivity contribution is 0.102. The molecule has 4 rings (SSSR count). The Hall–Kier alpha value is -3.31. The minimum absolute atomic E-state index is 0.279. The van der Waals surface area contributed by atoms with E-state index < -0.39 is 5.76 Å². The summed E-state index contributed by atoms with van der Waals surface area (Å²) in [4.78, 5) is 24.8. The van der Waals surface area contributed by atoms with Crippen LogP contribution in [0.5, 0.6) is 0 Å². The number of fused-ring (bicyclic) bond motifs is 1. The molecule has 6 heteroatoms. The molecule has 27 heavy (non-hydrogen) atoms. The van der Waals surface area contributed by atoms with Crippen molar-refractivity contribution in [3.8, 4) is 0 Å². The Bertz CT molecular complexity index is 1160. The molecule has 1 N–H and O–H groups in total. The molecule has 0 fully saturated rings. The third kappa shape index (κ3) is 3.64. The van der Waals surface area contributed by atoms with E-state index in [1.165, 1.54) is 4.57 Å². The van der Waals surface area contributed by atoms with Crippen molar-refractivity contribution in [1.29, 1.82) is 0 Å². The first-order chi connectivity index (χ1) is 13.1. The van der Waals surface area contributed by atoms with E-state index in [4.69, 9.17) is 16.0 Å². The van der Waals surface area contributed by atoms with Gasteiger partial charge in [-0.1, -0.05) is 41.9 Å². The van der Waals surface area contributed by atoms with Crippen LogP contribution in [0.1, 0.15) is 15.9 Å². The van der Waals surface area contributed by atoms with Crippen LogP contribution in [-0.4, -0.2) is 10.5 Å². The second kappa shape index (κ2) is 7.13. The van der Waals surface area contributed by atoms with Crippen molar-refractivity contribution in [1.82, 2.24) is 4.57 Å². The molecule has 1 amide bonds. The third-order valence-corrected chi connectivity index (χ3v) is 4.47. The molecular formula is C21H15ClN2O3. The van der Waals surface area contributed by atoms with Crippen molar-refractivity contribution >= 4 is 34.3 Å². The maximum absolute atomic E-state index is 12.6. The molecule has 5 nitrogen and oxygen atoms in total. The monoisotopic (exact) mass is 378 g/mol. The van der Waals surface area contributed by atoms with E-state index in [9.17, 15) is 9.59 Å². The van der Waals surface area contributed by atoms with E-state index in [1.54, 1.807) is 42.5 Å². The van der Waals surface area contributed by atoms with Crippen LogP contribution >= 0.6 is 11.6 Å². The number of oxazole rings is 1. The number of amides is 1. The van der Waals surface area contributed by atoms with Crippen LogP contribution in [-0.2, 0) is 6.54 Å². The number of benzene rings is 3. The Morgan fingerprint density at radius 2 is 1.74 bits per heavy atom. The molecule has 0 radical (unpaired) electrons. The zero-order valence-electron chi connectivity index (χ0n) is 14.2. The third-order valence-electron chi connectivity index (χ3n) is 4.22. The molecule has 1 heterocycles. The van der Waals surface area contributed by atoms with Gasteiger partial charge in [-0.3, -0.25) is 9.36 Å². The summed E-state index contributed by atoms with van der Waals surface area (Å²) in [6.07, 6.45) is 0. The number of carbonyl (C=O) groups excluding carboxylic acids is 1. The van der Waals surface area contributed by atoms with Gasteiger partial charge in [0.15, 0.2) is 5.58 Å². The van der Waals surface area contributed by atoms with Crippen LogP contribution in [0, 0.1) is 0 Å². The lowest BCUT2D eigenvalue weighted by Crippen LogP contribution is -2.15. The van der Waals surface area contributed by atoms with Crippen LogP contribution < -0.4 is 11.1 Å². The summed E-state index contributed by atoms with van der Waals surface area (Å²) < 4.78 is 6.82. The topological polar surface area (TPSA) is 64.2 Å². The molecule has 0 saturated heterocycles. The molecule has 0 aliphatic carbocycles. The molecule has 0 aliphatic heterocycles. The Morgan fingerprint density at radius 3 is 2.48 bits per heavy atom. The molecule has 0 saturated carbocycles. The van der Waals surface area contributed by atoms with Gasteiger partial charge in [-0.05, 0) is 48.0 Å². The summed E-state index contributed by atoms with van der Waals surface area (Å²) in [5.74, 6) is -0.733. The maximum Gasteiger partial charge on any atom is 0.420 e. The van der Waals surface area contributed by atoms with Crippen molar-refractivity contribution < 1.29 is 9.21 Å². The number of nitrogens with one attached hydrogen (secondary N) is 1. The number of hydrogen-bond donors (Lipinski definition) is 1. The van der Waals surface area contributed by atoms with Crippen LogP contribution in [0.25, 0.3) is 11.1 Å². The fourth-order valence-electron chi connectivity index (χ4n) is 2.86. The SMILES string of the molecule is O=C(Nc1ccc(Cl)cc1)c1ccc2oc(=O)n(Cc3ccccc3)c2c1. The molecule has 0 aliphatic rings. The first kappa shape index (κ1) is 17.1. The highest BCUT2D eigenvalue weighted by Crippen LogP contribution is 2.19. The van der Waals surface area contributed by atoms with Crippen molar-refractivity contribution in [2.75, 3.05) is 5.32 Å². The number of hydrogen-bond acceptors (Lipinski definition) is 3. The standard InChI is InChI=1S/C21H15ClN2O3/c22-16-7-9-17(10-8-16)23-20(25)15-6-11-19-18(12-15)24(21(26)27-19)13-14-4-2-1-3-5-14/h1-12H,13H2,(H,23,25). The molecule has 1 aromatic heterocycles. The largest absolute Gasteiger partial charge is 0.420 e. The average molecular weight is 379 g/mol. The van der Waals surface area contributed by atoms with E-state index in [0.29, 0.717) is 33.9 Å². The highest BCUT2D eigenvalue weighted by atomic mass is 35.5. The molecule has 3 aromatic carbocycles. The van der Waals surface area contributed by atoms with Gasteiger partial charge in [0.2, 0.25) is 0 Å². The van der Waals surface area contributed by atoms with Gasteiger partial charge < -0.3 is 9.73 Å². The Labute approximate surface area is 159 Å². The number of anilines is 1. The van der Waals surface area contributed by atoms with E-state index in [-0.39, 0.29) is 5.91 Å². The molecule has 0 unspecified atom stereocenters. The molecule has 134 valence electrons. The number of aromatic nitrogens is 1. The van der Waals surface area contributed by atoms with Crippen molar-refractivity contribution in [3.63, 3.8) is 0 Å². The quantitative estimate of drug-likeness (QED) is 0.566. The van der Waals surface area contributed by atoms with Gasteiger partial charge in [0.05, 0.1) is 12.1 Å². The van der Waals surface area contributed by atoms with E-state index in [0.717, 1.165) is 5.56 Å². The van der Waals surface area contributed by atoms with Gasteiger partial charge in [0, 0.05) is 16.3 Å². The number of rotatable bonds is 4. The zero-order valence-corrected chi connectivity index (χ0v) is 14.9. The first-order valence-corrected chi connectivity index (χ1v) is 8.72. The minimum atomic E-state index is -0.455. The highest BCUT2D eigenvalue weighted by molar-refractivity contribution is 6.30. The van der Waals surface area contributed by atoms with Gasteiger partial charge in [-0.15, -0.1) is 0 Å². The summed E-state index contributed by atoms with van der Waals surface area (Å²) in [7, 11) is 0. The fourth-order valence-corrected chi connectivity index (χ4v) is 2.98. The first-order valence-electron chi connectivity index (χ1n) is 8.34. The second-order valence-corrected chi connectivity index (χ2v) is 6.52. The van der Waals surface area contributed by atoms with Crippen LogP contribution in [0.2, 0.25) is 5.02 Å². The molecule has 0 bridgehead atoms. The van der Waals surface area contributed by atoms with Gasteiger partial charge in [-0.2, -0.15) is 0 Å². The lowest BCUT2D eigenvalue weighted by Gasteiger charge is -2.06. The number of carbonyl (C=O) groups is 1. The van der Waals surface area contributed by atoms with Crippen LogP contribution in [0.3, 0.4) is 0 Å². The van der Waals surface area contributed by atoms with E-state index >= 15 is 0 Å². The Kier molecular flexibility index (Phi) is 4.52. The van der Waals surface area contributed by atoms with Crippen LogP contribution in [0.4, 0.5) is 5.69 Å². The minimum Gasteiger partial charge on any atom is -0.408 e. The van der Waals surface area contributed by atoms with E-state index in [1.807, 2.05) is 30.3 Å². The van der Waals surface area contributed by atoms with E-state index in [2.05, 4.69) is 5.32 Å². The Balaban J connectivity index is 1.66. The zero-order chi connectivity index (χ0) is 18.8. The predicted octanol–water partition coefficient (Wildman–Crippen LogP) is 4.55. The van der Waals surface area contributed by atoms with Gasteiger partial charge >= 0.3 is 5.76 Å². The van der Waals surface area contributed by atoms with Crippen molar-refractivity contribution in [2.45, 2.75) is 6.54 Å². The molecule has 0 atom stereocenters. The maximum atomic E-state index is 12.6. The second-order valence-electron chi connectivity index (χ2n) is 6.08. The molecular weight excluding hydrogens is 364 g/mol. The van der Waals surface area contributed by atoms with Gasteiger partial charge in [0.25, 0.3) is 5.91 Å². The fraction of sp³-hybridized carbons (Fsp3) is 0.0476. The van der Waals surface area contributed by atoms with Crippen molar-refractivity contribution in [2.24, 2.45) is 0 Å². The number of nitrogens with zero attached hydrogens (tertiary/aromatic N) is 1. The molecule has 4 aromatic rings. The summed E-state index contributed by atoms with van der Waals surface area (Å²) >= 11 is 5.86. The summed E-state index contributed by atoms with van der Waals surface area (Å²) in [6, 6.07) is 21.4. The average Bonchev–Trinajstić information content (AvgIpc) is 2.99. The summed E-state index contributed by atoms with van der Waals surface area (Å²) in [5.41, 5.74) is 3.06. The summed E-state index contributed by atoms with van der Waals surface area (Å²) in [6.45, 7) is 0.370. The highest BCUT2D eigenvalue weighted by Gasteiger charge is 2.13. The predicted molar refractivity (Wildman–Crippen MR) is 105 cm³/mol. The van der Waals surface area contributed by atoms with Gasteiger partial charge in [-0.25, -0.2) is 4.79 Å². The van der Waals surface area contributed by atoms with Crippen molar-refractivity contribution in [3.05, 3.63) is 99.5 Å². The Morgan fingerprint density at radius 1 is 1.00 bits per heavy atom.